The highest BCUT2D eigenvalue weighted by molar-refractivity contribution is 6.03. The van der Waals surface area contributed by atoms with Gasteiger partial charge in [-0.1, -0.05) is 57.4 Å². The Labute approximate surface area is 220 Å². The minimum Gasteiger partial charge on any atom is -0.465 e. The van der Waals surface area contributed by atoms with E-state index >= 15 is 0 Å². The fourth-order valence-electron chi connectivity index (χ4n) is 6.96. The number of carbonyl (C=O) groups is 1. The molecule has 4 aromatic rings. The van der Waals surface area contributed by atoms with Crippen LogP contribution in [0.1, 0.15) is 79.8 Å². The topological polar surface area (TPSA) is 39.4 Å². The number of rotatable bonds is 6. The molecular formula is C32H39N3O2. The molecule has 0 unspecified atom stereocenters. The van der Waals surface area contributed by atoms with Crippen molar-refractivity contribution in [3.63, 3.8) is 0 Å². The molecule has 194 valence electrons. The maximum atomic E-state index is 12.5. The van der Waals surface area contributed by atoms with Gasteiger partial charge in [0.2, 0.25) is 0 Å². The molecule has 0 amide bonds. The molecule has 3 heterocycles. The summed E-state index contributed by atoms with van der Waals surface area (Å²) in [4.78, 5) is 15.0. The third-order valence-electron chi connectivity index (χ3n) is 8.84. The number of hydrogen-bond acceptors (Lipinski definition) is 3. The molecule has 2 aromatic carbocycles. The van der Waals surface area contributed by atoms with Crippen molar-refractivity contribution >= 4 is 27.8 Å². The van der Waals surface area contributed by atoms with Gasteiger partial charge in [0.25, 0.3) is 0 Å². The van der Waals surface area contributed by atoms with Crippen LogP contribution in [-0.2, 0) is 24.4 Å². The highest BCUT2D eigenvalue weighted by Crippen LogP contribution is 2.47. The molecule has 0 bridgehead atoms. The molecule has 0 spiro atoms. The van der Waals surface area contributed by atoms with E-state index in [2.05, 4.69) is 64.4 Å². The average molecular weight is 498 g/mol. The average Bonchev–Trinajstić information content (AvgIpc) is 3.45. The van der Waals surface area contributed by atoms with E-state index in [1.807, 2.05) is 6.07 Å². The maximum absolute atomic E-state index is 12.5. The summed E-state index contributed by atoms with van der Waals surface area (Å²) in [6, 6.07) is 13.1. The lowest BCUT2D eigenvalue weighted by atomic mass is 9.81. The van der Waals surface area contributed by atoms with Gasteiger partial charge >= 0.3 is 5.97 Å². The van der Waals surface area contributed by atoms with Gasteiger partial charge in [0.15, 0.2) is 0 Å². The third-order valence-corrected chi connectivity index (χ3v) is 8.84. The van der Waals surface area contributed by atoms with Gasteiger partial charge in [0.05, 0.1) is 23.9 Å². The minimum absolute atomic E-state index is 0.264. The van der Waals surface area contributed by atoms with E-state index in [1.165, 1.54) is 83.4 Å². The summed E-state index contributed by atoms with van der Waals surface area (Å²) in [6.45, 7) is 9.56. The first-order valence-electron chi connectivity index (χ1n) is 14.2. The first kappa shape index (κ1) is 24.3. The molecule has 5 heteroatoms. The van der Waals surface area contributed by atoms with Gasteiger partial charge < -0.3 is 13.9 Å². The lowest BCUT2D eigenvalue weighted by molar-refractivity contribution is 0.0601. The Morgan fingerprint density at radius 2 is 1.81 bits per heavy atom. The van der Waals surface area contributed by atoms with Crippen molar-refractivity contribution in [1.82, 2.24) is 14.0 Å². The Balaban J connectivity index is 1.63. The van der Waals surface area contributed by atoms with Gasteiger partial charge in [0, 0.05) is 47.7 Å². The van der Waals surface area contributed by atoms with Gasteiger partial charge in [0.1, 0.15) is 0 Å². The number of esters is 1. The molecule has 0 N–H and O–H groups in total. The number of fused-ring (bicyclic) bond motifs is 4. The zero-order chi connectivity index (χ0) is 25.5. The molecule has 6 rings (SSSR count). The van der Waals surface area contributed by atoms with E-state index in [9.17, 15) is 4.79 Å². The summed E-state index contributed by atoms with van der Waals surface area (Å²) < 4.78 is 10.1. The lowest BCUT2D eigenvalue weighted by Gasteiger charge is -2.25. The smallest absolute Gasteiger partial charge is 0.337 e. The Morgan fingerprint density at radius 1 is 1.00 bits per heavy atom. The Morgan fingerprint density at radius 3 is 2.57 bits per heavy atom. The highest BCUT2D eigenvalue weighted by Gasteiger charge is 2.29. The monoisotopic (exact) mass is 497 g/mol. The van der Waals surface area contributed by atoms with Gasteiger partial charge in [-0.05, 0) is 61.5 Å². The fourth-order valence-corrected chi connectivity index (χ4v) is 6.96. The van der Waals surface area contributed by atoms with Crippen LogP contribution in [0.5, 0.6) is 0 Å². The van der Waals surface area contributed by atoms with Crippen molar-refractivity contribution in [2.45, 2.75) is 77.9 Å². The van der Waals surface area contributed by atoms with E-state index in [0.29, 0.717) is 11.5 Å². The molecular weight excluding hydrogens is 458 g/mol. The molecule has 0 atom stereocenters. The molecule has 1 fully saturated rings. The first-order valence-corrected chi connectivity index (χ1v) is 14.2. The largest absolute Gasteiger partial charge is 0.465 e. The fraction of sp³-hybridized carbons (Fsp3) is 0.469. The van der Waals surface area contributed by atoms with Crippen LogP contribution in [0.15, 0.2) is 42.6 Å². The number of methoxy groups -OCH3 is 1. The van der Waals surface area contributed by atoms with Crippen LogP contribution in [-0.4, -0.2) is 40.2 Å². The summed E-state index contributed by atoms with van der Waals surface area (Å²) in [6.07, 6.45) is 9.90. The van der Waals surface area contributed by atoms with E-state index in [-0.39, 0.29) is 5.97 Å². The number of aromatic nitrogens is 2. The van der Waals surface area contributed by atoms with Gasteiger partial charge in [-0.3, -0.25) is 4.90 Å². The number of benzene rings is 2. The molecule has 1 aliphatic heterocycles. The molecule has 37 heavy (non-hydrogen) atoms. The second kappa shape index (κ2) is 10.0. The first-order chi connectivity index (χ1) is 18.1. The summed E-state index contributed by atoms with van der Waals surface area (Å²) in [5, 5.41) is 2.70. The van der Waals surface area contributed by atoms with E-state index in [4.69, 9.17) is 4.74 Å². The van der Waals surface area contributed by atoms with E-state index in [0.717, 1.165) is 39.1 Å². The van der Waals surface area contributed by atoms with Crippen molar-refractivity contribution < 1.29 is 9.53 Å². The Hall–Kier alpha value is -3.05. The summed E-state index contributed by atoms with van der Waals surface area (Å²) in [5.74, 6) is 0.296. The molecule has 0 radical (unpaired) electrons. The molecule has 0 saturated heterocycles. The zero-order valence-corrected chi connectivity index (χ0v) is 22.6. The number of ether oxygens (including phenoxy) is 1. The third kappa shape index (κ3) is 4.08. The number of carbonyl (C=O) groups excluding carboxylic acids is 1. The molecule has 2 aromatic heterocycles. The normalized spacial score (nSPS) is 16.2. The maximum Gasteiger partial charge on any atom is 0.337 e. The van der Waals surface area contributed by atoms with Crippen LogP contribution >= 0.6 is 0 Å². The summed E-state index contributed by atoms with van der Waals surface area (Å²) >= 11 is 0. The second-order valence-electron chi connectivity index (χ2n) is 10.8. The van der Waals surface area contributed by atoms with Gasteiger partial charge in [-0.15, -0.1) is 0 Å². The number of nitrogens with zero attached hydrogens (tertiary/aromatic N) is 3. The second-order valence-corrected chi connectivity index (χ2v) is 10.8. The highest BCUT2D eigenvalue weighted by atomic mass is 16.5. The number of aryl methyl sites for hydroxylation is 2. The van der Waals surface area contributed by atoms with Crippen molar-refractivity contribution in [2.75, 3.05) is 20.2 Å². The lowest BCUT2D eigenvalue weighted by Crippen LogP contribution is -2.21. The van der Waals surface area contributed by atoms with Crippen molar-refractivity contribution in [3.8, 4) is 11.3 Å². The standard InChI is InChI=1S/C32H39N3O2/c1-4-33(5-2)20-24-21-34-17-10-18-35-28-19-23(32(36)37-3)15-16-26(28)29(22-11-7-6-8-12-22)31(35)27-14-9-13-25(24)30(27)34/h9,13-16,19,21-22H,4-8,10-12,17-18,20H2,1-3H3. The molecule has 1 aliphatic carbocycles. The van der Waals surface area contributed by atoms with Crippen molar-refractivity contribution in [2.24, 2.45) is 0 Å². The predicted molar refractivity (Wildman–Crippen MR) is 151 cm³/mol. The van der Waals surface area contributed by atoms with Gasteiger partial charge in [-0.2, -0.15) is 0 Å². The molecule has 2 aliphatic rings. The Kier molecular flexibility index (Phi) is 6.58. The zero-order valence-electron chi connectivity index (χ0n) is 22.6. The van der Waals surface area contributed by atoms with Crippen LogP contribution in [0.4, 0.5) is 0 Å². The van der Waals surface area contributed by atoms with Crippen LogP contribution in [0, 0.1) is 0 Å². The van der Waals surface area contributed by atoms with Crippen LogP contribution in [0.2, 0.25) is 0 Å². The summed E-state index contributed by atoms with van der Waals surface area (Å²) in [5.41, 5.74) is 8.84. The summed E-state index contributed by atoms with van der Waals surface area (Å²) in [7, 11) is 1.47. The minimum atomic E-state index is -0.264. The number of para-hydroxylation sites is 1. The van der Waals surface area contributed by atoms with Crippen molar-refractivity contribution in [1.29, 1.82) is 0 Å². The Bertz CT molecular complexity index is 1450. The predicted octanol–water partition coefficient (Wildman–Crippen LogP) is 7.34. The van der Waals surface area contributed by atoms with Crippen molar-refractivity contribution in [3.05, 3.63) is 59.3 Å². The van der Waals surface area contributed by atoms with Crippen LogP contribution < -0.4 is 0 Å². The van der Waals surface area contributed by atoms with Crippen LogP contribution in [0.3, 0.4) is 0 Å². The van der Waals surface area contributed by atoms with E-state index < -0.39 is 0 Å². The molecule has 5 nitrogen and oxygen atoms in total. The quantitative estimate of drug-likeness (QED) is 0.262. The number of hydrogen-bond donors (Lipinski definition) is 0. The molecule has 1 saturated carbocycles. The van der Waals surface area contributed by atoms with E-state index in [1.54, 1.807) is 0 Å². The SMILES string of the molecule is CCN(CC)Cc1cn2c3c(cccc13)-c1c(C3CCCCC3)c3ccc(C(=O)OC)cc3n1CCC2. The van der Waals surface area contributed by atoms with Crippen LogP contribution in [0.25, 0.3) is 33.1 Å². The van der Waals surface area contributed by atoms with Gasteiger partial charge in [-0.25, -0.2) is 4.79 Å².